The predicted molar refractivity (Wildman–Crippen MR) is 83.7 cm³/mol. The van der Waals surface area contributed by atoms with Crippen molar-refractivity contribution in [2.75, 3.05) is 6.54 Å². The van der Waals surface area contributed by atoms with Gasteiger partial charge in [-0.2, -0.15) is 0 Å². The van der Waals surface area contributed by atoms with E-state index >= 15 is 0 Å². The molecule has 1 fully saturated rings. The lowest BCUT2D eigenvalue weighted by Crippen LogP contribution is -2.43. The largest absolute Gasteiger partial charge is 0.393 e. The van der Waals surface area contributed by atoms with Crippen molar-refractivity contribution in [3.63, 3.8) is 0 Å². The first-order valence-corrected chi connectivity index (χ1v) is 7.90. The van der Waals surface area contributed by atoms with Gasteiger partial charge in [0.25, 0.3) is 0 Å². The fourth-order valence-corrected chi connectivity index (χ4v) is 2.82. The zero-order chi connectivity index (χ0) is 15.1. The average Bonchev–Trinajstić information content (AvgIpc) is 2.52. The van der Waals surface area contributed by atoms with E-state index in [9.17, 15) is 9.90 Å². The summed E-state index contributed by atoms with van der Waals surface area (Å²) in [5.41, 5.74) is 7.16. The molecule has 1 aromatic rings. The lowest BCUT2D eigenvalue weighted by molar-refractivity contribution is -0.122. The number of amides is 1. The maximum atomic E-state index is 12.0. The van der Waals surface area contributed by atoms with Crippen LogP contribution in [0.5, 0.6) is 0 Å². The van der Waals surface area contributed by atoms with Gasteiger partial charge in [-0.3, -0.25) is 4.79 Å². The molecule has 1 atom stereocenters. The Labute approximate surface area is 126 Å². The second-order valence-corrected chi connectivity index (χ2v) is 6.05. The summed E-state index contributed by atoms with van der Waals surface area (Å²) in [6.45, 7) is 0.685. The molecular weight excluding hydrogens is 264 g/mol. The minimum absolute atomic E-state index is 0.0583. The van der Waals surface area contributed by atoms with Gasteiger partial charge in [-0.25, -0.2) is 0 Å². The normalized spacial score (nSPS) is 23.5. The summed E-state index contributed by atoms with van der Waals surface area (Å²) in [6, 6.07) is 9.64. The van der Waals surface area contributed by atoms with E-state index in [1.807, 2.05) is 18.2 Å². The minimum atomic E-state index is -0.445. The number of rotatable bonds is 6. The van der Waals surface area contributed by atoms with Gasteiger partial charge in [0.1, 0.15) is 0 Å². The van der Waals surface area contributed by atoms with Crippen LogP contribution in [0.3, 0.4) is 0 Å². The Balaban J connectivity index is 1.65. The van der Waals surface area contributed by atoms with Gasteiger partial charge in [0.05, 0.1) is 12.1 Å². The Hall–Kier alpha value is -1.39. The number of benzene rings is 1. The molecule has 0 saturated heterocycles. The average molecular weight is 290 g/mol. The van der Waals surface area contributed by atoms with Crippen molar-refractivity contribution in [1.82, 2.24) is 5.32 Å². The lowest BCUT2D eigenvalue weighted by atomic mass is 9.87. The van der Waals surface area contributed by atoms with Crippen LogP contribution in [-0.4, -0.2) is 29.7 Å². The summed E-state index contributed by atoms with van der Waals surface area (Å²) >= 11 is 0. The van der Waals surface area contributed by atoms with Crippen LogP contribution in [0.15, 0.2) is 30.3 Å². The van der Waals surface area contributed by atoms with Gasteiger partial charge < -0.3 is 16.2 Å². The molecule has 0 spiro atoms. The number of aliphatic hydroxyl groups is 1. The number of hydrogen-bond acceptors (Lipinski definition) is 3. The first-order valence-electron chi connectivity index (χ1n) is 7.90. The molecule has 1 aromatic carbocycles. The fourth-order valence-electron chi connectivity index (χ4n) is 2.82. The van der Waals surface area contributed by atoms with Crippen molar-refractivity contribution in [2.24, 2.45) is 11.7 Å². The summed E-state index contributed by atoms with van der Waals surface area (Å²) in [5, 5.41) is 12.4. The van der Waals surface area contributed by atoms with Crippen molar-refractivity contribution in [3.8, 4) is 0 Å². The van der Waals surface area contributed by atoms with Crippen molar-refractivity contribution < 1.29 is 9.90 Å². The van der Waals surface area contributed by atoms with E-state index < -0.39 is 6.04 Å². The maximum absolute atomic E-state index is 12.0. The summed E-state index contributed by atoms with van der Waals surface area (Å²) in [4.78, 5) is 12.0. The molecule has 4 nitrogen and oxygen atoms in total. The molecular formula is C17H26N2O2. The van der Waals surface area contributed by atoms with Crippen LogP contribution in [0.1, 0.15) is 37.7 Å². The van der Waals surface area contributed by atoms with E-state index in [-0.39, 0.29) is 12.0 Å². The highest BCUT2D eigenvalue weighted by atomic mass is 16.3. The molecule has 1 aliphatic carbocycles. The smallest absolute Gasteiger partial charge is 0.236 e. The molecule has 21 heavy (non-hydrogen) atoms. The Bertz CT molecular complexity index is 428. The molecule has 116 valence electrons. The summed E-state index contributed by atoms with van der Waals surface area (Å²) in [6.07, 6.45) is 5.01. The number of carbonyl (C=O) groups excluding carboxylic acids is 1. The van der Waals surface area contributed by atoms with Gasteiger partial charge in [-0.05, 0) is 50.0 Å². The number of nitrogens with one attached hydrogen (secondary N) is 1. The van der Waals surface area contributed by atoms with Crippen LogP contribution >= 0.6 is 0 Å². The standard InChI is InChI=1S/C17H26N2O2/c18-16(11-8-13-4-2-1-3-5-13)17(21)19-12-14-6-9-15(20)10-7-14/h1-5,14-16,20H,6-12,18H2,(H,19,21)/t14?,15?,16-/m0/s1. The highest BCUT2D eigenvalue weighted by Gasteiger charge is 2.21. The van der Waals surface area contributed by atoms with E-state index in [4.69, 9.17) is 5.73 Å². The number of nitrogens with two attached hydrogens (primary N) is 1. The van der Waals surface area contributed by atoms with Crippen molar-refractivity contribution in [1.29, 1.82) is 0 Å². The Morgan fingerprint density at radius 3 is 2.57 bits per heavy atom. The molecule has 2 rings (SSSR count). The van der Waals surface area contributed by atoms with Crippen LogP contribution in [0.4, 0.5) is 0 Å². The third kappa shape index (κ3) is 5.48. The second kappa shape index (κ2) is 8.15. The zero-order valence-corrected chi connectivity index (χ0v) is 12.5. The first kappa shape index (κ1) is 16.0. The number of aryl methyl sites for hydroxylation is 1. The van der Waals surface area contributed by atoms with Gasteiger partial charge in [-0.1, -0.05) is 30.3 Å². The Morgan fingerprint density at radius 2 is 1.90 bits per heavy atom. The van der Waals surface area contributed by atoms with E-state index in [1.165, 1.54) is 5.56 Å². The van der Waals surface area contributed by atoms with E-state index in [1.54, 1.807) is 0 Å². The third-order valence-electron chi connectivity index (χ3n) is 4.30. The van der Waals surface area contributed by atoms with Crippen LogP contribution in [0, 0.1) is 5.92 Å². The van der Waals surface area contributed by atoms with Crippen LogP contribution in [0.25, 0.3) is 0 Å². The molecule has 4 heteroatoms. The summed E-state index contributed by atoms with van der Waals surface area (Å²) in [7, 11) is 0. The summed E-state index contributed by atoms with van der Waals surface area (Å²) in [5.74, 6) is 0.427. The molecule has 1 aliphatic rings. The topological polar surface area (TPSA) is 75.4 Å². The maximum Gasteiger partial charge on any atom is 0.236 e. The first-order chi connectivity index (χ1) is 10.1. The van der Waals surface area contributed by atoms with Gasteiger partial charge in [0.15, 0.2) is 0 Å². The molecule has 1 amide bonds. The monoisotopic (exact) mass is 290 g/mol. The Kier molecular flexibility index (Phi) is 6.21. The van der Waals surface area contributed by atoms with Crippen LogP contribution < -0.4 is 11.1 Å². The third-order valence-corrected chi connectivity index (χ3v) is 4.30. The minimum Gasteiger partial charge on any atom is -0.393 e. The van der Waals surface area contributed by atoms with Gasteiger partial charge in [0.2, 0.25) is 5.91 Å². The van der Waals surface area contributed by atoms with Crippen molar-refractivity contribution in [3.05, 3.63) is 35.9 Å². The van der Waals surface area contributed by atoms with E-state index in [0.29, 0.717) is 18.9 Å². The highest BCUT2D eigenvalue weighted by Crippen LogP contribution is 2.23. The molecule has 0 radical (unpaired) electrons. The van der Waals surface area contributed by atoms with Crippen molar-refractivity contribution in [2.45, 2.75) is 50.7 Å². The van der Waals surface area contributed by atoms with Crippen molar-refractivity contribution >= 4 is 5.91 Å². The molecule has 0 bridgehead atoms. The molecule has 1 saturated carbocycles. The number of aliphatic hydroxyl groups excluding tert-OH is 1. The van der Waals surface area contributed by atoms with Crippen LogP contribution in [-0.2, 0) is 11.2 Å². The SMILES string of the molecule is N[C@@H](CCc1ccccc1)C(=O)NCC1CCC(O)CC1. The summed E-state index contributed by atoms with van der Waals surface area (Å²) < 4.78 is 0. The highest BCUT2D eigenvalue weighted by molar-refractivity contribution is 5.81. The predicted octanol–water partition coefficient (Wildman–Crippen LogP) is 1.61. The fraction of sp³-hybridized carbons (Fsp3) is 0.588. The van der Waals surface area contributed by atoms with E-state index in [2.05, 4.69) is 17.4 Å². The van der Waals surface area contributed by atoms with Crippen LogP contribution in [0.2, 0.25) is 0 Å². The Morgan fingerprint density at radius 1 is 1.24 bits per heavy atom. The molecule has 0 heterocycles. The number of carbonyl (C=O) groups is 1. The lowest BCUT2D eigenvalue weighted by Gasteiger charge is -2.25. The molecule has 4 N–H and O–H groups in total. The van der Waals surface area contributed by atoms with Gasteiger partial charge >= 0.3 is 0 Å². The quantitative estimate of drug-likeness (QED) is 0.745. The van der Waals surface area contributed by atoms with Gasteiger partial charge in [-0.15, -0.1) is 0 Å². The molecule has 0 unspecified atom stereocenters. The molecule has 0 aliphatic heterocycles. The van der Waals surface area contributed by atoms with Gasteiger partial charge in [0, 0.05) is 6.54 Å². The van der Waals surface area contributed by atoms with E-state index in [0.717, 1.165) is 32.1 Å². The molecule has 0 aromatic heterocycles. The zero-order valence-electron chi connectivity index (χ0n) is 12.5. The number of hydrogen-bond donors (Lipinski definition) is 3. The second-order valence-electron chi connectivity index (χ2n) is 6.05.